The van der Waals surface area contributed by atoms with Gasteiger partial charge in [-0.2, -0.15) is 11.8 Å². The Hall–Kier alpha value is -1.07. The number of nitrogens with two attached hydrogens (primary N) is 1. The third-order valence-electron chi connectivity index (χ3n) is 3.20. The highest BCUT2D eigenvalue weighted by atomic mass is 35.5. The number of esters is 1. The quantitative estimate of drug-likeness (QED) is 0.645. The summed E-state index contributed by atoms with van der Waals surface area (Å²) < 4.78 is 5.05. The number of halogens is 1. The van der Waals surface area contributed by atoms with Crippen molar-refractivity contribution in [2.45, 2.75) is 13.3 Å². The van der Waals surface area contributed by atoms with Crippen molar-refractivity contribution in [3.05, 3.63) is 22.7 Å². The van der Waals surface area contributed by atoms with Crippen molar-refractivity contribution in [3.63, 3.8) is 0 Å². The molecule has 4 nitrogen and oxygen atoms in total. The molecule has 0 aliphatic carbocycles. The van der Waals surface area contributed by atoms with Gasteiger partial charge in [-0.3, -0.25) is 0 Å². The number of nitrogens with one attached hydrogen (secondary N) is 1. The molecule has 1 aromatic rings. The highest BCUT2D eigenvalue weighted by Gasteiger charge is 2.20. The van der Waals surface area contributed by atoms with Crippen molar-refractivity contribution in [2.24, 2.45) is 5.92 Å². The molecule has 0 radical (unpaired) electrons. The minimum atomic E-state index is -0.398. The highest BCUT2D eigenvalue weighted by Crippen LogP contribution is 2.31. The van der Waals surface area contributed by atoms with Gasteiger partial charge in [0.2, 0.25) is 0 Å². The Morgan fingerprint density at radius 2 is 2.40 bits per heavy atom. The van der Waals surface area contributed by atoms with Gasteiger partial charge in [0.1, 0.15) is 0 Å². The van der Waals surface area contributed by atoms with Crippen molar-refractivity contribution < 1.29 is 9.53 Å². The third kappa shape index (κ3) is 3.73. The number of benzene rings is 1. The number of ether oxygens (including phenoxy) is 1. The highest BCUT2D eigenvalue weighted by molar-refractivity contribution is 7.99. The molecule has 0 aromatic heterocycles. The third-order valence-corrected chi connectivity index (χ3v) is 4.73. The van der Waals surface area contributed by atoms with Gasteiger partial charge in [-0.15, -0.1) is 0 Å². The zero-order chi connectivity index (χ0) is 14.5. The summed E-state index contributed by atoms with van der Waals surface area (Å²) in [5.74, 6) is 2.56. The van der Waals surface area contributed by atoms with Crippen molar-refractivity contribution >= 4 is 40.7 Å². The van der Waals surface area contributed by atoms with Crippen LogP contribution in [0.25, 0.3) is 0 Å². The molecule has 2 rings (SSSR count). The maximum Gasteiger partial charge on any atom is 0.340 e. The zero-order valence-corrected chi connectivity index (χ0v) is 13.0. The number of nitrogen functional groups attached to an aromatic ring is 1. The van der Waals surface area contributed by atoms with E-state index in [-0.39, 0.29) is 0 Å². The smallest absolute Gasteiger partial charge is 0.340 e. The van der Waals surface area contributed by atoms with Gasteiger partial charge in [0.05, 0.1) is 22.9 Å². The molecule has 1 aliphatic heterocycles. The molecule has 6 heteroatoms. The number of thioether (sulfide) groups is 1. The Labute approximate surface area is 128 Å². The van der Waals surface area contributed by atoms with E-state index < -0.39 is 5.97 Å². The van der Waals surface area contributed by atoms with E-state index >= 15 is 0 Å². The van der Waals surface area contributed by atoms with Crippen LogP contribution in [0.4, 0.5) is 11.4 Å². The fourth-order valence-electron chi connectivity index (χ4n) is 2.17. The topological polar surface area (TPSA) is 64.3 Å². The molecule has 1 aromatic carbocycles. The maximum absolute atomic E-state index is 12.0. The molecule has 1 heterocycles. The van der Waals surface area contributed by atoms with Crippen LogP contribution in [0.1, 0.15) is 23.7 Å². The zero-order valence-electron chi connectivity index (χ0n) is 11.4. The van der Waals surface area contributed by atoms with E-state index in [1.54, 1.807) is 19.1 Å². The average Bonchev–Trinajstić information content (AvgIpc) is 2.90. The average molecular weight is 315 g/mol. The second-order valence-electron chi connectivity index (χ2n) is 4.76. The first-order chi connectivity index (χ1) is 9.61. The van der Waals surface area contributed by atoms with Gasteiger partial charge in [-0.05, 0) is 42.9 Å². The summed E-state index contributed by atoms with van der Waals surface area (Å²) in [4.78, 5) is 12.0. The summed E-state index contributed by atoms with van der Waals surface area (Å²) in [7, 11) is 0. The van der Waals surface area contributed by atoms with Crippen LogP contribution in [0.15, 0.2) is 12.1 Å². The van der Waals surface area contributed by atoms with Crippen molar-refractivity contribution in [3.8, 4) is 0 Å². The summed E-state index contributed by atoms with van der Waals surface area (Å²) in [5, 5.41) is 3.75. The molecule has 1 atom stereocenters. The second-order valence-corrected chi connectivity index (χ2v) is 6.31. The summed E-state index contributed by atoms with van der Waals surface area (Å²) in [5.41, 5.74) is 7.24. The van der Waals surface area contributed by atoms with E-state index in [1.807, 2.05) is 11.8 Å². The SMILES string of the molecule is CCOC(=O)c1cc(N)cc(Cl)c1NCC1CCSC1. The number of hydrogen-bond donors (Lipinski definition) is 2. The predicted octanol–water partition coefficient (Wildman–Crippen LogP) is 3.26. The first-order valence-corrected chi connectivity index (χ1v) is 8.22. The van der Waals surface area contributed by atoms with E-state index in [0.29, 0.717) is 34.5 Å². The van der Waals surface area contributed by atoms with Gasteiger partial charge in [0.15, 0.2) is 0 Å². The Morgan fingerprint density at radius 3 is 3.05 bits per heavy atom. The summed E-state index contributed by atoms with van der Waals surface area (Å²) in [6, 6.07) is 3.26. The molecule has 110 valence electrons. The monoisotopic (exact) mass is 314 g/mol. The minimum Gasteiger partial charge on any atom is -0.462 e. The molecule has 0 bridgehead atoms. The molecule has 1 unspecified atom stereocenters. The molecule has 1 saturated heterocycles. The standard InChI is InChI=1S/C14H19ClN2O2S/c1-2-19-14(18)11-5-10(16)6-12(15)13(11)17-7-9-3-4-20-8-9/h5-6,9,17H,2-4,7-8,16H2,1H3. The molecule has 20 heavy (non-hydrogen) atoms. The number of rotatable bonds is 5. The maximum atomic E-state index is 12.0. The van der Waals surface area contributed by atoms with Crippen LogP contribution >= 0.6 is 23.4 Å². The van der Waals surface area contributed by atoms with E-state index in [1.165, 1.54) is 12.2 Å². The van der Waals surface area contributed by atoms with Crippen molar-refractivity contribution in [1.82, 2.24) is 0 Å². The van der Waals surface area contributed by atoms with E-state index in [9.17, 15) is 4.79 Å². The van der Waals surface area contributed by atoms with Crippen LogP contribution in [-0.4, -0.2) is 30.6 Å². The number of hydrogen-bond acceptors (Lipinski definition) is 5. The minimum absolute atomic E-state index is 0.323. The van der Waals surface area contributed by atoms with Crippen LogP contribution in [0.5, 0.6) is 0 Å². The Morgan fingerprint density at radius 1 is 1.60 bits per heavy atom. The number of carbonyl (C=O) groups is 1. The van der Waals surface area contributed by atoms with Gasteiger partial charge in [-0.1, -0.05) is 11.6 Å². The first kappa shape index (κ1) is 15.3. The van der Waals surface area contributed by atoms with Crippen LogP contribution in [0, 0.1) is 5.92 Å². The molecule has 1 aliphatic rings. The van der Waals surface area contributed by atoms with Crippen LogP contribution in [-0.2, 0) is 4.74 Å². The van der Waals surface area contributed by atoms with E-state index in [4.69, 9.17) is 22.1 Å². The molecular formula is C14H19ClN2O2S. The molecule has 1 fully saturated rings. The number of anilines is 2. The molecule has 0 saturated carbocycles. The van der Waals surface area contributed by atoms with Crippen molar-refractivity contribution in [1.29, 1.82) is 0 Å². The van der Waals surface area contributed by atoms with Gasteiger partial charge in [0, 0.05) is 12.2 Å². The molecule has 0 spiro atoms. The predicted molar refractivity (Wildman–Crippen MR) is 85.7 cm³/mol. The normalized spacial score (nSPS) is 18.0. The van der Waals surface area contributed by atoms with Crippen LogP contribution in [0.2, 0.25) is 5.02 Å². The van der Waals surface area contributed by atoms with Gasteiger partial charge >= 0.3 is 5.97 Å². The van der Waals surface area contributed by atoms with E-state index in [0.717, 1.165) is 12.3 Å². The lowest BCUT2D eigenvalue weighted by molar-refractivity contribution is 0.0527. The van der Waals surface area contributed by atoms with Crippen LogP contribution in [0.3, 0.4) is 0 Å². The largest absolute Gasteiger partial charge is 0.462 e. The van der Waals surface area contributed by atoms with Gasteiger partial charge in [0.25, 0.3) is 0 Å². The second kappa shape index (κ2) is 7.09. The van der Waals surface area contributed by atoms with Crippen LogP contribution < -0.4 is 11.1 Å². The first-order valence-electron chi connectivity index (χ1n) is 6.69. The Bertz CT molecular complexity index is 490. The lowest BCUT2D eigenvalue weighted by atomic mass is 10.1. The molecular weight excluding hydrogens is 296 g/mol. The van der Waals surface area contributed by atoms with Crippen molar-refractivity contribution in [2.75, 3.05) is 35.7 Å². The van der Waals surface area contributed by atoms with Gasteiger partial charge in [-0.25, -0.2) is 4.79 Å². The summed E-state index contributed by atoms with van der Waals surface area (Å²) in [6.07, 6.45) is 1.19. The van der Waals surface area contributed by atoms with Gasteiger partial charge < -0.3 is 15.8 Å². The molecule has 3 N–H and O–H groups in total. The Balaban J connectivity index is 2.17. The fraction of sp³-hybridized carbons (Fsp3) is 0.500. The lowest BCUT2D eigenvalue weighted by Crippen LogP contribution is -2.17. The lowest BCUT2D eigenvalue weighted by Gasteiger charge is -2.16. The number of carbonyl (C=O) groups excluding carboxylic acids is 1. The van der Waals surface area contributed by atoms with E-state index in [2.05, 4.69) is 5.32 Å². The summed E-state index contributed by atoms with van der Waals surface area (Å²) >= 11 is 8.17. The summed E-state index contributed by atoms with van der Waals surface area (Å²) in [6.45, 7) is 2.90. The fourth-order valence-corrected chi connectivity index (χ4v) is 3.75. The molecule has 0 amide bonds. The Kier molecular flexibility index (Phi) is 5.43.